The van der Waals surface area contributed by atoms with Gasteiger partial charge in [0.1, 0.15) is 0 Å². The van der Waals surface area contributed by atoms with Crippen molar-refractivity contribution in [2.75, 3.05) is 0 Å². The average Bonchev–Trinajstić information content (AvgIpc) is 3.36. The Morgan fingerprint density at radius 2 is 0.823 bits per heavy atom. The van der Waals surface area contributed by atoms with Gasteiger partial charge in [-0.15, -0.1) is 0 Å². The van der Waals surface area contributed by atoms with E-state index >= 15 is 0 Å². The number of fused-ring (bicyclic) bond motifs is 4. The number of nitrogens with zero attached hydrogens (tertiary/aromatic N) is 4. The number of benzene rings is 10. The molecule has 0 atom stereocenters. The molecule has 11 rings (SSSR count). The van der Waals surface area contributed by atoms with Gasteiger partial charge in [0.05, 0.1) is 11.6 Å². The number of hydrogen-bond donors (Lipinski definition) is 0. The fourth-order valence-electron chi connectivity index (χ4n) is 8.83. The Morgan fingerprint density at radius 1 is 0.306 bits per heavy atom. The van der Waals surface area contributed by atoms with Gasteiger partial charge < -0.3 is 0 Å². The maximum Gasteiger partial charge on any atom is 0.164 e. The molecule has 0 aliphatic rings. The average molecular weight is 789 g/mol. The summed E-state index contributed by atoms with van der Waals surface area (Å²) in [5, 5.41) is 16.7. The standard InChI is InChI=1S/C58H36N4/c59-37-38-26-28-39(29-27-38)45-19-13-20-46(36-45)57-60-56(61-58(62-57)51-25-12-9-21-47(51)40-14-3-1-4-15-40)44-32-30-43(31-33-44)54-50-24-11-10-23-49(50)53(42-17-5-2-6-18-42)52-35-34-41-16-7-8-22-48(41)55(52)54/h1-36H. The number of hydrogen-bond acceptors (Lipinski definition) is 4. The van der Waals surface area contributed by atoms with E-state index in [1.54, 1.807) is 0 Å². The van der Waals surface area contributed by atoms with E-state index in [9.17, 15) is 5.26 Å². The molecular formula is C58H36N4. The third-order valence-electron chi connectivity index (χ3n) is 11.8. The Balaban J connectivity index is 1.10. The largest absolute Gasteiger partial charge is 0.208 e. The van der Waals surface area contributed by atoms with E-state index in [1.807, 2.05) is 48.5 Å². The highest BCUT2D eigenvalue weighted by Gasteiger charge is 2.20. The monoisotopic (exact) mass is 788 g/mol. The number of aromatic nitrogens is 3. The first-order chi connectivity index (χ1) is 30.7. The van der Waals surface area contributed by atoms with Crippen LogP contribution in [0.2, 0.25) is 0 Å². The van der Waals surface area contributed by atoms with E-state index in [-0.39, 0.29) is 0 Å². The summed E-state index contributed by atoms with van der Waals surface area (Å²) in [4.78, 5) is 15.6. The predicted octanol–water partition coefficient (Wildman–Crippen LogP) is 14.9. The molecule has 0 fully saturated rings. The van der Waals surface area contributed by atoms with Crippen LogP contribution in [-0.2, 0) is 0 Å². The number of rotatable bonds is 7. The Kier molecular flexibility index (Phi) is 9.19. The van der Waals surface area contributed by atoms with Crippen molar-refractivity contribution in [2.45, 2.75) is 0 Å². The second-order valence-electron chi connectivity index (χ2n) is 15.4. The molecular weight excluding hydrogens is 753 g/mol. The van der Waals surface area contributed by atoms with Crippen LogP contribution in [0.3, 0.4) is 0 Å². The van der Waals surface area contributed by atoms with Crippen LogP contribution in [0.4, 0.5) is 0 Å². The topological polar surface area (TPSA) is 62.5 Å². The van der Waals surface area contributed by atoms with Gasteiger partial charge in [-0.25, -0.2) is 15.0 Å². The predicted molar refractivity (Wildman–Crippen MR) is 255 cm³/mol. The van der Waals surface area contributed by atoms with Crippen molar-refractivity contribution in [2.24, 2.45) is 0 Å². The molecule has 0 spiro atoms. The minimum atomic E-state index is 0.576. The van der Waals surface area contributed by atoms with Crippen molar-refractivity contribution >= 4 is 32.3 Å². The Labute approximate surface area is 359 Å². The molecule has 0 aliphatic carbocycles. The zero-order chi connectivity index (χ0) is 41.4. The molecule has 0 saturated heterocycles. The fraction of sp³-hybridized carbons (Fsp3) is 0. The summed E-state index contributed by atoms with van der Waals surface area (Å²) in [7, 11) is 0. The minimum absolute atomic E-state index is 0.576. The van der Waals surface area contributed by atoms with Crippen LogP contribution in [0, 0.1) is 11.3 Å². The summed E-state index contributed by atoms with van der Waals surface area (Å²) in [6, 6.07) is 78.3. The zero-order valence-electron chi connectivity index (χ0n) is 33.6. The molecule has 0 bridgehead atoms. The summed E-state index contributed by atoms with van der Waals surface area (Å²) in [6.07, 6.45) is 0. The molecule has 0 amide bonds. The maximum absolute atomic E-state index is 9.40. The van der Waals surface area contributed by atoms with Gasteiger partial charge in [0.2, 0.25) is 0 Å². The van der Waals surface area contributed by atoms with Crippen molar-refractivity contribution < 1.29 is 0 Å². The zero-order valence-corrected chi connectivity index (χ0v) is 33.6. The quantitative estimate of drug-likeness (QED) is 0.119. The van der Waals surface area contributed by atoms with E-state index in [1.165, 1.54) is 49.0 Å². The van der Waals surface area contributed by atoms with E-state index in [0.717, 1.165) is 44.5 Å². The van der Waals surface area contributed by atoms with Gasteiger partial charge in [0.25, 0.3) is 0 Å². The van der Waals surface area contributed by atoms with Crippen molar-refractivity contribution in [3.05, 3.63) is 224 Å². The van der Waals surface area contributed by atoms with Crippen LogP contribution in [0.25, 0.3) is 111 Å². The SMILES string of the molecule is N#Cc1ccc(-c2cccc(-c3nc(-c4ccc(-c5c6ccccc6c(-c6ccccc6)c6ccc7ccccc7c56)cc4)nc(-c4ccccc4-c4ccccc4)n3)c2)cc1. The van der Waals surface area contributed by atoms with Crippen molar-refractivity contribution in [3.8, 4) is 84.7 Å². The number of nitriles is 1. The third kappa shape index (κ3) is 6.55. The van der Waals surface area contributed by atoms with E-state index < -0.39 is 0 Å². The smallest absolute Gasteiger partial charge is 0.164 e. The van der Waals surface area contributed by atoms with E-state index in [4.69, 9.17) is 15.0 Å². The van der Waals surface area contributed by atoms with Crippen LogP contribution in [0.1, 0.15) is 5.56 Å². The fourth-order valence-corrected chi connectivity index (χ4v) is 8.83. The summed E-state index contributed by atoms with van der Waals surface area (Å²) in [6.45, 7) is 0. The third-order valence-corrected chi connectivity index (χ3v) is 11.8. The molecule has 4 nitrogen and oxygen atoms in total. The van der Waals surface area contributed by atoms with Crippen molar-refractivity contribution in [1.29, 1.82) is 5.26 Å². The van der Waals surface area contributed by atoms with Crippen molar-refractivity contribution in [1.82, 2.24) is 15.0 Å². The van der Waals surface area contributed by atoms with Gasteiger partial charge in [-0.05, 0) is 95.0 Å². The van der Waals surface area contributed by atoms with Gasteiger partial charge in [-0.3, -0.25) is 0 Å². The Hall–Kier alpha value is -8.52. The van der Waals surface area contributed by atoms with Gasteiger partial charge in [0, 0.05) is 16.7 Å². The lowest BCUT2D eigenvalue weighted by Gasteiger charge is -2.19. The van der Waals surface area contributed by atoms with Gasteiger partial charge in [-0.2, -0.15) is 5.26 Å². The summed E-state index contributed by atoms with van der Waals surface area (Å²) >= 11 is 0. The molecule has 0 saturated carbocycles. The van der Waals surface area contributed by atoms with Gasteiger partial charge >= 0.3 is 0 Å². The first kappa shape index (κ1) is 36.6. The second kappa shape index (κ2) is 15.6. The molecule has 1 aromatic heterocycles. The van der Waals surface area contributed by atoms with Crippen LogP contribution < -0.4 is 0 Å². The van der Waals surface area contributed by atoms with Crippen LogP contribution in [0.5, 0.6) is 0 Å². The Morgan fingerprint density at radius 3 is 1.55 bits per heavy atom. The molecule has 0 radical (unpaired) electrons. The first-order valence-corrected chi connectivity index (χ1v) is 20.7. The Bertz CT molecular complexity index is 3500. The molecule has 11 aromatic rings. The molecule has 0 N–H and O–H groups in total. The molecule has 0 unspecified atom stereocenters. The normalized spacial score (nSPS) is 11.2. The molecule has 4 heteroatoms. The highest BCUT2D eigenvalue weighted by Crippen LogP contribution is 2.46. The maximum atomic E-state index is 9.40. The molecule has 1 heterocycles. The molecule has 288 valence electrons. The first-order valence-electron chi connectivity index (χ1n) is 20.7. The lowest BCUT2D eigenvalue weighted by atomic mass is 9.84. The molecule has 10 aromatic carbocycles. The highest BCUT2D eigenvalue weighted by atomic mass is 15.0. The highest BCUT2D eigenvalue weighted by molar-refractivity contribution is 6.27. The van der Waals surface area contributed by atoms with Gasteiger partial charge in [-0.1, -0.05) is 200 Å². The van der Waals surface area contributed by atoms with Gasteiger partial charge in [0.15, 0.2) is 17.5 Å². The lowest BCUT2D eigenvalue weighted by molar-refractivity contribution is 1.07. The van der Waals surface area contributed by atoms with E-state index in [2.05, 4.69) is 176 Å². The van der Waals surface area contributed by atoms with Crippen LogP contribution in [-0.4, -0.2) is 15.0 Å². The molecule has 62 heavy (non-hydrogen) atoms. The molecule has 0 aliphatic heterocycles. The van der Waals surface area contributed by atoms with E-state index in [0.29, 0.717) is 23.0 Å². The van der Waals surface area contributed by atoms with Crippen molar-refractivity contribution in [3.63, 3.8) is 0 Å². The lowest BCUT2D eigenvalue weighted by Crippen LogP contribution is -2.01. The summed E-state index contributed by atoms with van der Waals surface area (Å²) < 4.78 is 0. The summed E-state index contributed by atoms with van der Waals surface area (Å²) in [5.41, 5.74) is 12.2. The summed E-state index contributed by atoms with van der Waals surface area (Å²) in [5.74, 6) is 1.76. The minimum Gasteiger partial charge on any atom is -0.208 e. The van der Waals surface area contributed by atoms with Crippen LogP contribution in [0.15, 0.2) is 218 Å². The van der Waals surface area contributed by atoms with Crippen LogP contribution >= 0.6 is 0 Å². The second-order valence-corrected chi connectivity index (χ2v) is 15.4.